The Morgan fingerprint density at radius 1 is 1.31 bits per heavy atom. The summed E-state index contributed by atoms with van der Waals surface area (Å²) in [5.41, 5.74) is 0.533. The van der Waals surface area contributed by atoms with Gasteiger partial charge in [-0.1, -0.05) is 29.8 Å². The van der Waals surface area contributed by atoms with Gasteiger partial charge in [0.2, 0.25) is 0 Å². The maximum Gasteiger partial charge on any atom is 0.107 e. The minimum atomic E-state index is -0.966. The lowest BCUT2D eigenvalue weighted by Crippen LogP contribution is -2.19. The van der Waals surface area contributed by atoms with Crippen LogP contribution in [0.15, 0.2) is 24.3 Å². The number of hydrogen-bond donors (Lipinski definition) is 3. The van der Waals surface area contributed by atoms with Crippen LogP contribution in [-0.4, -0.2) is 22.1 Å². The Kier molecular flexibility index (Phi) is 4.06. The molecule has 1 rings (SSSR count). The van der Waals surface area contributed by atoms with Gasteiger partial charge in [0.25, 0.3) is 0 Å². The summed E-state index contributed by atoms with van der Waals surface area (Å²) < 4.78 is 0. The Labute approximate surface area is 87.6 Å². The van der Waals surface area contributed by atoms with Crippen molar-refractivity contribution in [2.75, 3.05) is 5.75 Å². The van der Waals surface area contributed by atoms with Gasteiger partial charge in [0.15, 0.2) is 0 Å². The van der Waals surface area contributed by atoms with Crippen molar-refractivity contribution in [1.82, 2.24) is 0 Å². The number of benzene rings is 1. The van der Waals surface area contributed by atoms with Gasteiger partial charge in [0.05, 0.1) is 6.10 Å². The Morgan fingerprint density at radius 3 is 2.46 bits per heavy atom. The van der Waals surface area contributed by atoms with Gasteiger partial charge in [-0.3, -0.25) is 0 Å². The predicted molar refractivity (Wildman–Crippen MR) is 56.3 cm³/mol. The molecule has 1 aromatic carbocycles. The van der Waals surface area contributed by atoms with Gasteiger partial charge in [-0.25, -0.2) is 0 Å². The molecule has 0 heterocycles. The molecule has 0 saturated carbocycles. The van der Waals surface area contributed by atoms with Crippen LogP contribution in [0.5, 0.6) is 0 Å². The Hall–Kier alpha value is -0.220. The quantitative estimate of drug-likeness (QED) is 0.676. The third-order valence-electron chi connectivity index (χ3n) is 1.78. The standard InChI is InChI=1S/C9H11ClO2S/c10-7-4-2-1-3-6(7)9(12)8(11)5-13/h1-4,8-9,11-13H,5H2. The Bertz CT molecular complexity index is 280. The van der Waals surface area contributed by atoms with Gasteiger partial charge in [0.1, 0.15) is 6.10 Å². The molecule has 2 atom stereocenters. The average molecular weight is 219 g/mol. The summed E-state index contributed by atoms with van der Waals surface area (Å²) in [4.78, 5) is 0. The normalized spacial score (nSPS) is 15.4. The van der Waals surface area contributed by atoms with Crippen LogP contribution in [0, 0.1) is 0 Å². The predicted octanol–water partition coefficient (Wildman–Crippen LogP) is 1.66. The minimum absolute atomic E-state index is 0.201. The zero-order valence-corrected chi connectivity index (χ0v) is 8.54. The molecule has 13 heavy (non-hydrogen) atoms. The number of aliphatic hydroxyl groups is 2. The number of aliphatic hydroxyl groups excluding tert-OH is 2. The van der Waals surface area contributed by atoms with Crippen LogP contribution in [0.1, 0.15) is 11.7 Å². The van der Waals surface area contributed by atoms with E-state index in [-0.39, 0.29) is 5.75 Å². The molecule has 0 aliphatic carbocycles. The fourth-order valence-corrected chi connectivity index (χ4v) is 1.47. The van der Waals surface area contributed by atoms with Gasteiger partial charge >= 0.3 is 0 Å². The van der Waals surface area contributed by atoms with Gasteiger partial charge < -0.3 is 10.2 Å². The fourth-order valence-electron chi connectivity index (χ4n) is 1.02. The summed E-state index contributed by atoms with van der Waals surface area (Å²) in [6, 6.07) is 6.88. The van der Waals surface area contributed by atoms with Crippen molar-refractivity contribution >= 4 is 24.2 Å². The van der Waals surface area contributed by atoms with E-state index >= 15 is 0 Å². The van der Waals surface area contributed by atoms with Crippen molar-refractivity contribution < 1.29 is 10.2 Å². The van der Waals surface area contributed by atoms with E-state index in [1.807, 2.05) is 0 Å². The van der Waals surface area contributed by atoms with E-state index in [4.69, 9.17) is 11.6 Å². The first-order valence-electron chi connectivity index (χ1n) is 3.88. The molecule has 1 aromatic rings. The molecular formula is C9H11ClO2S. The maximum absolute atomic E-state index is 9.59. The van der Waals surface area contributed by atoms with E-state index in [1.54, 1.807) is 24.3 Å². The third-order valence-corrected chi connectivity index (χ3v) is 2.49. The lowest BCUT2D eigenvalue weighted by atomic mass is 10.1. The lowest BCUT2D eigenvalue weighted by molar-refractivity contribution is 0.0338. The highest BCUT2D eigenvalue weighted by Crippen LogP contribution is 2.25. The molecule has 2 unspecified atom stereocenters. The largest absolute Gasteiger partial charge is 0.389 e. The van der Waals surface area contributed by atoms with Crippen molar-refractivity contribution in [3.63, 3.8) is 0 Å². The first-order chi connectivity index (χ1) is 6.16. The molecule has 0 aromatic heterocycles. The molecule has 0 amide bonds. The van der Waals surface area contributed by atoms with Crippen LogP contribution in [0.25, 0.3) is 0 Å². The van der Waals surface area contributed by atoms with Crippen molar-refractivity contribution in [3.8, 4) is 0 Å². The average Bonchev–Trinajstić information content (AvgIpc) is 2.16. The summed E-state index contributed by atoms with van der Waals surface area (Å²) in [5.74, 6) is 0.201. The van der Waals surface area contributed by atoms with Crippen LogP contribution in [-0.2, 0) is 0 Å². The second-order valence-corrected chi connectivity index (χ2v) is 3.49. The highest BCUT2D eigenvalue weighted by molar-refractivity contribution is 7.80. The smallest absolute Gasteiger partial charge is 0.107 e. The number of rotatable bonds is 3. The van der Waals surface area contributed by atoms with E-state index in [2.05, 4.69) is 12.6 Å². The molecule has 72 valence electrons. The molecule has 0 saturated heterocycles. The molecule has 0 spiro atoms. The first kappa shape index (κ1) is 10.9. The molecule has 0 bridgehead atoms. The molecule has 4 heteroatoms. The van der Waals surface area contributed by atoms with Crippen LogP contribution >= 0.6 is 24.2 Å². The molecule has 0 aliphatic heterocycles. The molecule has 0 fully saturated rings. The monoisotopic (exact) mass is 218 g/mol. The second-order valence-electron chi connectivity index (χ2n) is 2.72. The van der Waals surface area contributed by atoms with Crippen LogP contribution < -0.4 is 0 Å². The number of hydrogen-bond acceptors (Lipinski definition) is 3. The van der Waals surface area contributed by atoms with Crippen molar-refractivity contribution in [2.45, 2.75) is 12.2 Å². The van der Waals surface area contributed by atoms with E-state index in [1.165, 1.54) is 0 Å². The molecular weight excluding hydrogens is 208 g/mol. The third kappa shape index (κ3) is 2.61. The highest BCUT2D eigenvalue weighted by atomic mass is 35.5. The first-order valence-corrected chi connectivity index (χ1v) is 4.89. The Balaban J connectivity index is 2.88. The summed E-state index contributed by atoms with van der Waals surface area (Å²) in [6.07, 6.45) is -1.85. The van der Waals surface area contributed by atoms with Crippen molar-refractivity contribution in [1.29, 1.82) is 0 Å². The van der Waals surface area contributed by atoms with Crippen molar-refractivity contribution in [2.24, 2.45) is 0 Å². The minimum Gasteiger partial charge on any atom is -0.389 e. The van der Waals surface area contributed by atoms with Crippen LogP contribution in [0.4, 0.5) is 0 Å². The molecule has 0 radical (unpaired) electrons. The topological polar surface area (TPSA) is 40.5 Å². The van der Waals surface area contributed by atoms with Crippen molar-refractivity contribution in [3.05, 3.63) is 34.9 Å². The van der Waals surface area contributed by atoms with E-state index in [0.29, 0.717) is 10.6 Å². The zero-order valence-electron chi connectivity index (χ0n) is 6.89. The van der Waals surface area contributed by atoms with Crippen LogP contribution in [0.2, 0.25) is 5.02 Å². The van der Waals surface area contributed by atoms with E-state index in [9.17, 15) is 10.2 Å². The van der Waals surface area contributed by atoms with E-state index in [0.717, 1.165) is 0 Å². The van der Waals surface area contributed by atoms with Gasteiger partial charge in [0, 0.05) is 16.3 Å². The summed E-state index contributed by atoms with van der Waals surface area (Å²) in [7, 11) is 0. The summed E-state index contributed by atoms with van der Waals surface area (Å²) in [5, 5.41) is 19.4. The zero-order chi connectivity index (χ0) is 9.84. The highest BCUT2D eigenvalue weighted by Gasteiger charge is 2.18. The molecule has 0 aliphatic rings. The van der Waals surface area contributed by atoms with Gasteiger partial charge in [-0.2, -0.15) is 12.6 Å². The lowest BCUT2D eigenvalue weighted by Gasteiger charge is -2.16. The van der Waals surface area contributed by atoms with Gasteiger partial charge in [-0.15, -0.1) is 0 Å². The summed E-state index contributed by atoms with van der Waals surface area (Å²) >= 11 is 9.71. The number of halogens is 1. The second kappa shape index (κ2) is 4.86. The number of thiol groups is 1. The van der Waals surface area contributed by atoms with Crippen LogP contribution in [0.3, 0.4) is 0 Å². The molecule has 2 nitrogen and oxygen atoms in total. The van der Waals surface area contributed by atoms with E-state index < -0.39 is 12.2 Å². The van der Waals surface area contributed by atoms with Gasteiger partial charge in [-0.05, 0) is 6.07 Å². The summed E-state index contributed by atoms with van der Waals surface area (Å²) in [6.45, 7) is 0. The fraction of sp³-hybridized carbons (Fsp3) is 0.333. The molecule has 2 N–H and O–H groups in total. The SMILES string of the molecule is OC(CS)C(O)c1ccccc1Cl. The maximum atomic E-state index is 9.59. The Morgan fingerprint density at radius 2 is 1.92 bits per heavy atom.